The van der Waals surface area contributed by atoms with Crippen molar-refractivity contribution in [3.05, 3.63) is 54.4 Å². The molecule has 0 unspecified atom stereocenters. The molecule has 0 aliphatic rings. The van der Waals surface area contributed by atoms with Crippen LogP contribution in [0, 0.1) is 0 Å². The van der Waals surface area contributed by atoms with Crippen LogP contribution in [0.15, 0.2) is 53.7 Å². The molecule has 3 aromatic rings. The largest absolute Gasteiger partial charge is 0.465 e. The fourth-order valence-corrected chi connectivity index (χ4v) is 3.39. The average molecular weight is 345 g/mol. The Balaban J connectivity index is 1.94. The SMILES string of the molecule is COC(=O)c1cccc(NS(=O)(=O)c2ccc3c(c2)ncn3C)c1. The van der Waals surface area contributed by atoms with Crippen molar-refractivity contribution < 1.29 is 17.9 Å². The molecule has 0 atom stereocenters. The second-order valence-corrected chi connectivity index (χ2v) is 6.87. The Bertz CT molecular complexity index is 1020. The molecule has 0 bridgehead atoms. The highest BCUT2D eigenvalue weighted by Crippen LogP contribution is 2.21. The van der Waals surface area contributed by atoms with Gasteiger partial charge in [0.05, 0.1) is 34.9 Å². The monoisotopic (exact) mass is 345 g/mol. The standard InChI is InChI=1S/C16H15N3O4S/c1-19-10-17-14-9-13(6-7-15(14)19)24(21,22)18-12-5-3-4-11(8-12)16(20)23-2/h3-10,18H,1-2H3. The van der Waals surface area contributed by atoms with Gasteiger partial charge >= 0.3 is 5.97 Å². The summed E-state index contributed by atoms with van der Waals surface area (Å²) in [6.07, 6.45) is 1.62. The number of imidazole rings is 1. The van der Waals surface area contributed by atoms with E-state index >= 15 is 0 Å². The summed E-state index contributed by atoms with van der Waals surface area (Å²) < 4.78 is 34.0. The van der Waals surface area contributed by atoms with E-state index in [0.29, 0.717) is 5.52 Å². The summed E-state index contributed by atoms with van der Waals surface area (Å²) in [7, 11) is -0.698. The number of aryl methyl sites for hydroxylation is 1. The molecule has 0 spiro atoms. The first-order chi connectivity index (χ1) is 11.4. The molecule has 0 radical (unpaired) electrons. The zero-order valence-electron chi connectivity index (χ0n) is 13.1. The molecule has 7 nitrogen and oxygen atoms in total. The zero-order chi connectivity index (χ0) is 17.3. The molecule has 2 aromatic carbocycles. The Morgan fingerprint density at radius 3 is 2.75 bits per heavy atom. The normalized spacial score (nSPS) is 11.4. The van der Waals surface area contributed by atoms with Crippen molar-refractivity contribution in [2.75, 3.05) is 11.8 Å². The van der Waals surface area contributed by atoms with Gasteiger partial charge in [0.2, 0.25) is 0 Å². The van der Waals surface area contributed by atoms with Crippen molar-refractivity contribution in [3.63, 3.8) is 0 Å². The van der Waals surface area contributed by atoms with Crippen LogP contribution in [0.25, 0.3) is 11.0 Å². The third-order valence-corrected chi connectivity index (χ3v) is 4.92. The predicted molar refractivity (Wildman–Crippen MR) is 89.3 cm³/mol. The average Bonchev–Trinajstić information content (AvgIpc) is 2.94. The quantitative estimate of drug-likeness (QED) is 0.732. The number of benzene rings is 2. The molecule has 0 saturated carbocycles. The number of anilines is 1. The van der Waals surface area contributed by atoms with Crippen molar-refractivity contribution in [2.24, 2.45) is 7.05 Å². The van der Waals surface area contributed by atoms with E-state index in [2.05, 4.69) is 14.4 Å². The first kappa shape index (κ1) is 16.0. The summed E-state index contributed by atoms with van der Waals surface area (Å²) in [5, 5.41) is 0. The number of methoxy groups -OCH3 is 1. The zero-order valence-corrected chi connectivity index (χ0v) is 13.9. The molecule has 0 fully saturated rings. The van der Waals surface area contributed by atoms with Gasteiger partial charge in [-0.25, -0.2) is 18.2 Å². The molecule has 124 valence electrons. The lowest BCUT2D eigenvalue weighted by Gasteiger charge is -2.09. The highest BCUT2D eigenvalue weighted by Gasteiger charge is 2.16. The van der Waals surface area contributed by atoms with Crippen molar-refractivity contribution >= 4 is 32.7 Å². The van der Waals surface area contributed by atoms with Crippen LogP contribution in [0.1, 0.15) is 10.4 Å². The smallest absolute Gasteiger partial charge is 0.337 e. The Morgan fingerprint density at radius 2 is 2.00 bits per heavy atom. The minimum atomic E-state index is -3.80. The molecule has 24 heavy (non-hydrogen) atoms. The molecular weight excluding hydrogens is 330 g/mol. The minimum absolute atomic E-state index is 0.0946. The summed E-state index contributed by atoms with van der Waals surface area (Å²) in [5.74, 6) is -0.536. The van der Waals surface area contributed by atoms with Gasteiger partial charge in [-0.2, -0.15) is 0 Å². The van der Waals surface area contributed by atoms with Gasteiger partial charge in [0.1, 0.15) is 0 Å². The summed E-state index contributed by atoms with van der Waals surface area (Å²) in [5.41, 5.74) is 1.96. The Morgan fingerprint density at radius 1 is 1.21 bits per heavy atom. The van der Waals surface area contributed by atoms with Crippen molar-refractivity contribution in [2.45, 2.75) is 4.90 Å². The molecular formula is C16H15N3O4S. The summed E-state index contributed by atoms with van der Waals surface area (Å²) in [6.45, 7) is 0. The van der Waals surface area contributed by atoms with Crippen LogP contribution < -0.4 is 4.72 Å². The first-order valence-corrected chi connectivity index (χ1v) is 8.51. The summed E-state index contributed by atoms with van der Waals surface area (Å²) >= 11 is 0. The van der Waals surface area contributed by atoms with Gasteiger partial charge in [-0.1, -0.05) is 6.07 Å². The van der Waals surface area contributed by atoms with Crippen LogP contribution in [0.4, 0.5) is 5.69 Å². The Hall–Kier alpha value is -2.87. The summed E-state index contributed by atoms with van der Waals surface area (Å²) in [4.78, 5) is 15.8. The van der Waals surface area contributed by atoms with Gasteiger partial charge in [-0.15, -0.1) is 0 Å². The number of hydrogen-bond acceptors (Lipinski definition) is 5. The van der Waals surface area contributed by atoms with Crippen LogP contribution >= 0.6 is 0 Å². The summed E-state index contributed by atoms with van der Waals surface area (Å²) in [6, 6.07) is 10.8. The fraction of sp³-hybridized carbons (Fsp3) is 0.125. The topological polar surface area (TPSA) is 90.3 Å². The fourth-order valence-electron chi connectivity index (χ4n) is 2.32. The van der Waals surface area contributed by atoms with E-state index in [9.17, 15) is 13.2 Å². The Labute approximate surface area is 138 Å². The third kappa shape index (κ3) is 2.95. The number of nitrogens with one attached hydrogen (secondary N) is 1. The molecule has 1 N–H and O–H groups in total. The van der Waals surface area contributed by atoms with Crippen molar-refractivity contribution in [3.8, 4) is 0 Å². The number of carbonyl (C=O) groups excluding carboxylic acids is 1. The van der Waals surface area contributed by atoms with Crippen LogP contribution in [-0.4, -0.2) is 31.0 Å². The number of fused-ring (bicyclic) bond motifs is 1. The van der Waals surface area contributed by atoms with E-state index in [-0.39, 0.29) is 16.1 Å². The van der Waals surface area contributed by atoms with Gasteiger partial charge in [0.25, 0.3) is 10.0 Å². The number of sulfonamides is 1. The van der Waals surface area contributed by atoms with Gasteiger partial charge in [0, 0.05) is 12.7 Å². The number of ether oxygens (including phenoxy) is 1. The molecule has 0 aliphatic heterocycles. The van der Waals surface area contributed by atoms with Gasteiger partial charge in [0.15, 0.2) is 0 Å². The number of nitrogens with zero attached hydrogens (tertiary/aromatic N) is 2. The number of aromatic nitrogens is 2. The van der Waals surface area contributed by atoms with Crippen LogP contribution in [-0.2, 0) is 21.8 Å². The highest BCUT2D eigenvalue weighted by molar-refractivity contribution is 7.92. The maximum atomic E-state index is 12.5. The first-order valence-electron chi connectivity index (χ1n) is 7.03. The van der Waals surface area contributed by atoms with Crippen LogP contribution in [0.3, 0.4) is 0 Å². The maximum Gasteiger partial charge on any atom is 0.337 e. The van der Waals surface area contributed by atoms with Crippen molar-refractivity contribution in [1.29, 1.82) is 0 Å². The molecule has 8 heteroatoms. The Kier molecular flexibility index (Phi) is 3.98. The van der Waals surface area contributed by atoms with E-state index < -0.39 is 16.0 Å². The van der Waals surface area contributed by atoms with E-state index in [4.69, 9.17) is 0 Å². The number of esters is 1. The lowest BCUT2D eigenvalue weighted by atomic mass is 10.2. The maximum absolute atomic E-state index is 12.5. The predicted octanol–water partition coefficient (Wildman–Crippen LogP) is 2.16. The van der Waals surface area contributed by atoms with E-state index in [1.807, 2.05) is 7.05 Å². The lowest BCUT2D eigenvalue weighted by Crippen LogP contribution is -2.13. The molecule has 0 amide bonds. The van der Waals surface area contributed by atoms with E-state index in [1.165, 1.54) is 25.3 Å². The molecule has 1 aromatic heterocycles. The second kappa shape index (κ2) is 5.97. The van der Waals surface area contributed by atoms with Crippen LogP contribution in [0.2, 0.25) is 0 Å². The molecule has 1 heterocycles. The number of carbonyl (C=O) groups is 1. The molecule has 3 rings (SSSR count). The molecule has 0 saturated heterocycles. The lowest BCUT2D eigenvalue weighted by molar-refractivity contribution is 0.0601. The van der Waals surface area contributed by atoms with Gasteiger partial charge in [-0.05, 0) is 36.4 Å². The number of hydrogen-bond donors (Lipinski definition) is 1. The highest BCUT2D eigenvalue weighted by atomic mass is 32.2. The molecule has 0 aliphatic carbocycles. The second-order valence-electron chi connectivity index (χ2n) is 5.18. The van der Waals surface area contributed by atoms with Crippen LogP contribution in [0.5, 0.6) is 0 Å². The van der Waals surface area contributed by atoms with E-state index in [0.717, 1.165) is 5.52 Å². The van der Waals surface area contributed by atoms with Gasteiger partial charge in [-0.3, -0.25) is 4.72 Å². The third-order valence-electron chi connectivity index (χ3n) is 3.54. The number of rotatable bonds is 4. The minimum Gasteiger partial charge on any atom is -0.465 e. The van der Waals surface area contributed by atoms with E-state index in [1.54, 1.807) is 35.2 Å². The van der Waals surface area contributed by atoms with Gasteiger partial charge < -0.3 is 9.30 Å². The van der Waals surface area contributed by atoms with Crippen molar-refractivity contribution in [1.82, 2.24) is 9.55 Å².